The van der Waals surface area contributed by atoms with E-state index in [9.17, 15) is 14.0 Å². The highest BCUT2D eigenvalue weighted by molar-refractivity contribution is 5.95. The summed E-state index contributed by atoms with van der Waals surface area (Å²) in [7, 11) is 0. The molecule has 0 atom stereocenters. The molecule has 1 N–H and O–H groups in total. The Hall–Kier alpha value is -2.11. The fraction of sp³-hybridized carbons (Fsp3) is 0.385. The van der Waals surface area contributed by atoms with Crippen LogP contribution in [0.4, 0.5) is 14.9 Å². The van der Waals surface area contributed by atoms with E-state index in [1.54, 1.807) is 13.0 Å². The quantitative estimate of drug-likeness (QED) is 0.843. The number of anilines is 1. The van der Waals surface area contributed by atoms with Crippen molar-refractivity contribution in [2.75, 3.05) is 24.6 Å². The molecule has 0 saturated carbocycles. The maximum atomic E-state index is 13.2. The van der Waals surface area contributed by atoms with Crippen molar-refractivity contribution in [3.8, 4) is 0 Å². The summed E-state index contributed by atoms with van der Waals surface area (Å²) in [6.45, 7) is 2.26. The summed E-state index contributed by atoms with van der Waals surface area (Å²) in [5, 5.41) is 2.46. The number of carbonyl (C=O) groups excluding carboxylic acids is 2. The van der Waals surface area contributed by atoms with Gasteiger partial charge in [0, 0.05) is 6.54 Å². The number of fused-ring (bicyclic) bond motifs is 1. The monoisotopic (exact) mass is 266 g/mol. The van der Waals surface area contributed by atoms with E-state index in [2.05, 4.69) is 5.32 Å². The second-order valence-corrected chi connectivity index (χ2v) is 4.14. The molecule has 0 unspecified atom stereocenters. The highest BCUT2D eigenvalue weighted by atomic mass is 19.1. The van der Waals surface area contributed by atoms with Gasteiger partial charge in [-0.1, -0.05) is 6.07 Å². The Kier molecular flexibility index (Phi) is 3.99. The first kappa shape index (κ1) is 13.3. The van der Waals surface area contributed by atoms with Crippen LogP contribution in [-0.4, -0.2) is 31.7 Å². The van der Waals surface area contributed by atoms with Gasteiger partial charge in [-0.25, -0.2) is 9.18 Å². The first-order valence-corrected chi connectivity index (χ1v) is 6.11. The minimum absolute atomic E-state index is 0.187. The van der Waals surface area contributed by atoms with Crippen molar-refractivity contribution in [1.29, 1.82) is 0 Å². The van der Waals surface area contributed by atoms with E-state index in [1.165, 1.54) is 17.0 Å². The van der Waals surface area contributed by atoms with Gasteiger partial charge in [0.15, 0.2) is 0 Å². The molecule has 102 valence electrons. The van der Waals surface area contributed by atoms with Crippen molar-refractivity contribution < 1.29 is 18.7 Å². The van der Waals surface area contributed by atoms with Crippen LogP contribution >= 0.6 is 0 Å². The average molecular weight is 266 g/mol. The van der Waals surface area contributed by atoms with Crippen molar-refractivity contribution in [1.82, 2.24) is 5.32 Å². The molecule has 0 aromatic heterocycles. The largest absolute Gasteiger partial charge is 0.465 e. The fourth-order valence-electron chi connectivity index (χ4n) is 2.02. The molecule has 6 heteroatoms. The van der Waals surface area contributed by atoms with Gasteiger partial charge in [-0.3, -0.25) is 9.69 Å². The standard InChI is InChI=1S/C13H15FN2O3/c1-2-19-12(17)8-15-13(18)16-6-5-9-3-4-10(14)7-11(9)16/h3-4,7H,2,5-6,8H2,1H3,(H,15,18). The highest BCUT2D eigenvalue weighted by Crippen LogP contribution is 2.28. The topological polar surface area (TPSA) is 58.6 Å². The van der Waals surface area contributed by atoms with Crippen LogP contribution in [-0.2, 0) is 16.0 Å². The van der Waals surface area contributed by atoms with Gasteiger partial charge in [-0.05, 0) is 31.0 Å². The van der Waals surface area contributed by atoms with Crippen LogP contribution in [0.3, 0.4) is 0 Å². The number of esters is 1. The predicted octanol–water partition coefficient (Wildman–Crippen LogP) is 1.46. The minimum atomic E-state index is -0.491. The number of rotatable bonds is 3. The molecular weight excluding hydrogens is 251 g/mol. The zero-order valence-electron chi connectivity index (χ0n) is 10.6. The molecule has 0 saturated heterocycles. The molecule has 19 heavy (non-hydrogen) atoms. The minimum Gasteiger partial charge on any atom is -0.465 e. The first-order chi connectivity index (χ1) is 9.11. The summed E-state index contributed by atoms with van der Waals surface area (Å²) < 4.78 is 17.9. The molecule has 0 bridgehead atoms. The van der Waals surface area contributed by atoms with Gasteiger partial charge in [-0.2, -0.15) is 0 Å². The SMILES string of the molecule is CCOC(=O)CNC(=O)N1CCc2ccc(F)cc21. The summed E-state index contributed by atoms with van der Waals surface area (Å²) in [6, 6.07) is 3.95. The maximum absolute atomic E-state index is 13.2. The lowest BCUT2D eigenvalue weighted by Crippen LogP contribution is -2.41. The van der Waals surface area contributed by atoms with Crippen LogP contribution in [0.25, 0.3) is 0 Å². The van der Waals surface area contributed by atoms with E-state index in [4.69, 9.17) is 4.74 Å². The number of hydrogen-bond acceptors (Lipinski definition) is 3. The summed E-state index contributed by atoms with van der Waals surface area (Å²) in [5.74, 6) is -0.877. The Morgan fingerprint density at radius 3 is 3.00 bits per heavy atom. The number of benzene rings is 1. The molecule has 0 fully saturated rings. The lowest BCUT2D eigenvalue weighted by molar-refractivity contribution is -0.141. The Labute approximate surface area is 110 Å². The molecule has 1 aliphatic heterocycles. The van der Waals surface area contributed by atoms with Crippen LogP contribution < -0.4 is 10.2 Å². The number of urea groups is 1. The van der Waals surface area contributed by atoms with Crippen molar-refractivity contribution >= 4 is 17.7 Å². The Bertz CT molecular complexity index is 505. The summed E-state index contributed by atoms with van der Waals surface area (Å²) in [6.07, 6.45) is 0.683. The van der Waals surface area contributed by atoms with Gasteiger partial charge in [-0.15, -0.1) is 0 Å². The van der Waals surface area contributed by atoms with Crippen LogP contribution in [0, 0.1) is 5.82 Å². The third-order valence-corrected chi connectivity index (χ3v) is 2.88. The molecule has 5 nitrogen and oxygen atoms in total. The fourth-order valence-corrected chi connectivity index (χ4v) is 2.02. The van der Waals surface area contributed by atoms with Gasteiger partial charge in [0.1, 0.15) is 12.4 Å². The van der Waals surface area contributed by atoms with E-state index >= 15 is 0 Å². The Morgan fingerprint density at radius 2 is 2.26 bits per heavy atom. The highest BCUT2D eigenvalue weighted by Gasteiger charge is 2.25. The van der Waals surface area contributed by atoms with Crippen LogP contribution in [0.15, 0.2) is 18.2 Å². The van der Waals surface area contributed by atoms with Crippen LogP contribution in [0.2, 0.25) is 0 Å². The third-order valence-electron chi connectivity index (χ3n) is 2.88. The molecule has 1 aliphatic rings. The van der Waals surface area contributed by atoms with E-state index in [1.807, 2.05) is 0 Å². The van der Waals surface area contributed by atoms with Gasteiger partial charge in [0.2, 0.25) is 0 Å². The molecule has 1 aromatic carbocycles. The van der Waals surface area contributed by atoms with Crippen molar-refractivity contribution in [3.05, 3.63) is 29.6 Å². The van der Waals surface area contributed by atoms with E-state index in [-0.39, 0.29) is 19.0 Å². The molecule has 0 aliphatic carbocycles. The number of halogens is 1. The van der Waals surface area contributed by atoms with E-state index < -0.39 is 12.0 Å². The summed E-state index contributed by atoms with van der Waals surface area (Å²) in [5.41, 5.74) is 1.48. The number of nitrogens with zero attached hydrogens (tertiary/aromatic N) is 1. The first-order valence-electron chi connectivity index (χ1n) is 6.11. The van der Waals surface area contributed by atoms with E-state index in [0.717, 1.165) is 5.56 Å². The van der Waals surface area contributed by atoms with Crippen molar-refractivity contribution in [2.24, 2.45) is 0 Å². The Balaban J connectivity index is 1.99. The zero-order valence-corrected chi connectivity index (χ0v) is 10.6. The molecule has 1 aromatic rings. The lowest BCUT2D eigenvalue weighted by Gasteiger charge is -2.17. The maximum Gasteiger partial charge on any atom is 0.325 e. The van der Waals surface area contributed by atoms with Gasteiger partial charge in [0.25, 0.3) is 0 Å². The second-order valence-electron chi connectivity index (χ2n) is 4.14. The van der Waals surface area contributed by atoms with Crippen molar-refractivity contribution in [3.63, 3.8) is 0 Å². The number of amides is 2. The third kappa shape index (κ3) is 3.01. The number of ether oxygens (including phenoxy) is 1. The number of nitrogens with one attached hydrogen (secondary N) is 1. The number of carbonyl (C=O) groups is 2. The predicted molar refractivity (Wildman–Crippen MR) is 67.5 cm³/mol. The molecule has 1 heterocycles. The van der Waals surface area contributed by atoms with Gasteiger partial charge >= 0.3 is 12.0 Å². The average Bonchev–Trinajstić information content (AvgIpc) is 2.79. The number of hydrogen-bond donors (Lipinski definition) is 1. The smallest absolute Gasteiger partial charge is 0.325 e. The van der Waals surface area contributed by atoms with Crippen LogP contribution in [0.1, 0.15) is 12.5 Å². The molecular formula is C13H15FN2O3. The van der Waals surface area contributed by atoms with Crippen molar-refractivity contribution in [2.45, 2.75) is 13.3 Å². The summed E-state index contributed by atoms with van der Waals surface area (Å²) >= 11 is 0. The molecule has 0 radical (unpaired) electrons. The lowest BCUT2D eigenvalue weighted by atomic mass is 10.2. The van der Waals surface area contributed by atoms with Crippen LogP contribution in [0.5, 0.6) is 0 Å². The molecule has 2 rings (SSSR count). The Morgan fingerprint density at radius 1 is 1.47 bits per heavy atom. The van der Waals surface area contributed by atoms with Gasteiger partial charge < -0.3 is 10.1 Å². The molecule has 0 spiro atoms. The van der Waals surface area contributed by atoms with Gasteiger partial charge in [0.05, 0.1) is 12.3 Å². The molecule has 2 amide bonds. The van der Waals surface area contributed by atoms with E-state index in [0.29, 0.717) is 18.7 Å². The second kappa shape index (κ2) is 5.69. The normalized spacial score (nSPS) is 13.1. The zero-order chi connectivity index (χ0) is 13.8. The summed E-state index contributed by atoms with van der Waals surface area (Å²) in [4.78, 5) is 24.5.